The van der Waals surface area contributed by atoms with Crippen LogP contribution >= 0.6 is 35.7 Å². The molecule has 0 atom stereocenters. The van der Waals surface area contributed by atoms with Gasteiger partial charge >= 0.3 is 0 Å². The number of rotatable bonds is 9. The van der Waals surface area contributed by atoms with Gasteiger partial charge in [-0.15, -0.1) is 11.8 Å². The second-order valence-corrected chi connectivity index (χ2v) is 8.92. The Morgan fingerprint density at radius 2 is 1.90 bits per heavy atom. The van der Waals surface area contributed by atoms with Gasteiger partial charge in [0.15, 0.2) is 11.5 Å². The largest absolute Gasteiger partial charge is 0.490 e. The highest BCUT2D eigenvalue weighted by molar-refractivity contribution is 8.26. The van der Waals surface area contributed by atoms with Crippen LogP contribution in [0.15, 0.2) is 58.3 Å². The topological polar surface area (TPSA) is 38.8 Å². The molecule has 29 heavy (non-hydrogen) atoms. The van der Waals surface area contributed by atoms with Gasteiger partial charge in [-0.2, -0.15) is 0 Å². The average Bonchev–Trinajstić information content (AvgIpc) is 3.00. The molecule has 2 aromatic carbocycles. The number of nitrogens with zero attached hydrogens (tertiary/aromatic N) is 1. The SMILES string of the molecule is CCOc1cc(/C=C2\SC(=S)N(CC)C2=O)ccc1OCCSc1ccccc1. The van der Waals surface area contributed by atoms with Crippen molar-refractivity contribution < 1.29 is 14.3 Å². The van der Waals surface area contributed by atoms with Gasteiger partial charge < -0.3 is 9.47 Å². The lowest BCUT2D eigenvalue weighted by Gasteiger charge is -2.13. The normalized spacial score (nSPS) is 15.2. The minimum absolute atomic E-state index is 0.0428. The van der Waals surface area contributed by atoms with Gasteiger partial charge in [-0.05, 0) is 49.8 Å². The van der Waals surface area contributed by atoms with Crippen LogP contribution in [0.2, 0.25) is 0 Å². The predicted octanol–water partition coefficient (Wildman–Crippen LogP) is 5.48. The number of hydrogen-bond donors (Lipinski definition) is 0. The molecule has 0 N–H and O–H groups in total. The van der Waals surface area contributed by atoms with E-state index in [1.54, 1.807) is 16.7 Å². The summed E-state index contributed by atoms with van der Waals surface area (Å²) in [6, 6.07) is 16.0. The molecule has 0 bridgehead atoms. The number of hydrogen-bond acceptors (Lipinski definition) is 6. The molecule has 1 aliphatic rings. The third-order valence-corrected chi connectivity index (χ3v) is 6.46. The fourth-order valence-electron chi connectivity index (χ4n) is 2.75. The van der Waals surface area contributed by atoms with Crippen molar-refractivity contribution in [1.29, 1.82) is 0 Å². The lowest BCUT2D eigenvalue weighted by atomic mass is 10.2. The van der Waals surface area contributed by atoms with Gasteiger partial charge in [0.05, 0.1) is 18.1 Å². The Hall–Kier alpha value is -1.96. The van der Waals surface area contributed by atoms with E-state index in [0.717, 1.165) is 11.3 Å². The first-order chi connectivity index (χ1) is 14.1. The summed E-state index contributed by atoms with van der Waals surface area (Å²) >= 11 is 8.36. The maximum Gasteiger partial charge on any atom is 0.266 e. The van der Waals surface area contributed by atoms with Crippen LogP contribution in [0.5, 0.6) is 11.5 Å². The summed E-state index contributed by atoms with van der Waals surface area (Å²) in [6.45, 7) is 5.56. The van der Waals surface area contributed by atoms with Crippen LogP contribution < -0.4 is 9.47 Å². The standard InChI is InChI=1S/C22H23NO3S3/c1-3-23-21(24)20(29-22(23)27)15-16-10-11-18(19(14-16)25-4-2)26-12-13-28-17-8-6-5-7-9-17/h5-11,14-15H,3-4,12-13H2,1-2H3/b20-15-. The van der Waals surface area contributed by atoms with Crippen LogP contribution in [0, 0.1) is 0 Å². The molecule has 1 aliphatic heterocycles. The van der Waals surface area contributed by atoms with Crippen LogP contribution in [0.4, 0.5) is 0 Å². The zero-order valence-electron chi connectivity index (χ0n) is 16.4. The molecule has 1 amide bonds. The quantitative estimate of drug-likeness (QED) is 0.220. The maximum absolute atomic E-state index is 12.4. The molecule has 3 rings (SSSR count). The van der Waals surface area contributed by atoms with Crippen molar-refractivity contribution in [3.63, 3.8) is 0 Å². The van der Waals surface area contributed by atoms with Gasteiger partial charge in [0.25, 0.3) is 5.91 Å². The third-order valence-electron chi connectivity index (χ3n) is 4.11. The van der Waals surface area contributed by atoms with Gasteiger partial charge in [0.2, 0.25) is 0 Å². The maximum atomic E-state index is 12.4. The van der Waals surface area contributed by atoms with Gasteiger partial charge in [-0.25, -0.2) is 0 Å². The first-order valence-corrected chi connectivity index (χ1v) is 11.7. The fourth-order valence-corrected chi connectivity index (χ4v) is 4.89. The Bertz CT molecular complexity index is 899. The third kappa shape index (κ3) is 5.78. The van der Waals surface area contributed by atoms with Crippen LogP contribution in [-0.4, -0.2) is 40.6 Å². The molecule has 0 aliphatic carbocycles. The Morgan fingerprint density at radius 1 is 1.10 bits per heavy atom. The molecule has 0 radical (unpaired) electrons. The van der Waals surface area contributed by atoms with Crippen LogP contribution in [0.25, 0.3) is 6.08 Å². The number of thioether (sulfide) groups is 2. The number of carbonyl (C=O) groups excluding carboxylic acids is 1. The smallest absolute Gasteiger partial charge is 0.266 e. The molecule has 0 aromatic heterocycles. The lowest BCUT2D eigenvalue weighted by Crippen LogP contribution is -2.27. The van der Waals surface area contributed by atoms with Crippen molar-refractivity contribution in [3.05, 3.63) is 59.0 Å². The molecule has 152 valence electrons. The number of thiocarbonyl (C=S) groups is 1. The molecule has 7 heteroatoms. The van der Waals surface area contributed by atoms with Crippen molar-refractivity contribution in [2.75, 3.05) is 25.5 Å². The highest BCUT2D eigenvalue weighted by Crippen LogP contribution is 2.34. The van der Waals surface area contributed by atoms with E-state index in [1.807, 2.05) is 56.3 Å². The summed E-state index contributed by atoms with van der Waals surface area (Å²) in [6.07, 6.45) is 1.85. The van der Waals surface area contributed by atoms with Crippen molar-refractivity contribution in [2.45, 2.75) is 18.7 Å². The summed E-state index contributed by atoms with van der Waals surface area (Å²) in [5, 5.41) is 0. The predicted molar refractivity (Wildman–Crippen MR) is 126 cm³/mol. The molecular formula is C22H23NO3S3. The number of ether oxygens (including phenoxy) is 2. The van der Waals surface area contributed by atoms with E-state index in [0.29, 0.717) is 40.5 Å². The molecule has 1 fully saturated rings. The molecule has 0 saturated carbocycles. The summed E-state index contributed by atoms with van der Waals surface area (Å²) < 4.78 is 12.3. The molecule has 2 aromatic rings. The van der Waals surface area contributed by atoms with E-state index in [9.17, 15) is 4.79 Å². The summed E-state index contributed by atoms with van der Waals surface area (Å²) in [5.41, 5.74) is 0.885. The second kappa shape index (κ2) is 10.7. The molecular weight excluding hydrogens is 422 g/mol. The summed E-state index contributed by atoms with van der Waals surface area (Å²) in [5.74, 6) is 2.19. The highest BCUT2D eigenvalue weighted by atomic mass is 32.2. The summed E-state index contributed by atoms with van der Waals surface area (Å²) in [7, 11) is 0. The van der Waals surface area contributed by atoms with Gasteiger partial charge in [0.1, 0.15) is 4.32 Å². The fraction of sp³-hybridized carbons (Fsp3) is 0.273. The number of carbonyl (C=O) groups is 1. The van der Waals surface area contributed by atoms with E-state index in [4.69, 9.17) is 21.7 Å². The Labute approximate surface area is 185 Å². The average molecular weight is 446 g/mol. The zero-order valence-corrected chi connectivity index (χ0v) is 18.9. The minimum atomic E-state index is -0.0428. The Morgan fingerprint density at radius 3 is 2.59 bits per heavy atom. The van der Waals surface area contributed by atoms with Crippen LogP contribution in [0.1, 0.15) is 19.4 Å². The second-order valence-electron chi connectivity index (χ2n) is 6.08. The van der Waals surface area contributed by atoms with Gasteiger partial charge in [-0.1, -0.05) is 48.2 Å². The zero-order chi connectivity index (χ0) is 20.6. The lowest BCUT2D eigenvalue weighted by molar-refractivity contribution is -0.121. The molecule has 1 saturated heterocycles. The van der Waals surface area contributed by atoms with Crippen molar-refractivity contribution >= 4 is 52.0 Å². The summed E-state index contributed by atoms with van der Waals surface area (Å²) in [4.78, 5) is 15.9. The minimum Gasteiger partial charge on any atom is -0.490 e. The molecule has 0 spiro atoms. The molecule has 0 unspecified atom stereocenters. The first kappa shape index (κ1) is 21.7. The highest BCUT2D eigenvalue weighted by Gasteiger charge is 2.30. The van der Waals surface area contributed by atoms with Gasteiger partial charge in [-0.3, -0.25) is 9.69 Å². The van der Waals surface area contributed by atoms with Crippen molar-refractivity contribution in [1.82, 2.24) is 4.90 Å². The Balaban J connectivity index is 1.66. The van der Waals surface area contributed by atoms with Crippen LogP contribution in [0.3, 0.4) is 0 Å². The van der Waals surface area contributed by atoms with E-state index in [2.05, 4.69) is 12.1 Å². The van der Waals surface area contributed by atoms with Crippen molar-refractivity contribution in [3.8, 4) is 11.5 Å². The Kier molecular flexibility index (Phi) is 8.03. The van der Waals surface area contributed by atoms with E-state index in [1.165, 1.54) is 16.7 Å². The molecule has 1 heterocycles. The number of amides is 1. The van der Waals surface area contributed by atoms with E-state index in [-0.39, 0.29) is 5.91 Å². The monoisotopic (exact) mass is 445 g/mol. The first-order valence-electron chi connectivity index (χ1n) is 9.45. The van der Waals surface area contributed by atoms with Gasteiger partial charge in [0, 0.05) is 17.2 Å². The number of likely N-dealkylation sites (N-methyl/N-ethyl adjacent to an activating group) is 1. The van der Waals surface area contributed by atoms with Crippen LogP contribution in [-0.2, 0) is 4.79 Å². The number of benzene rings is 2. The molecule has 4 nitrogen and oxygen atoms in total. The van der Waals surface area contributed by atoms with Crippen molar-refractivity contribution in [2.24, 2.45) is 0 Å². The van der Waals surface area contributed by atoms with E-state index < -0.39 is 0 Å². The van der Waals surface area contributed by atoms with E-state index >= 15 is 0 Å².